The molecule has 108 valence electrons. The molecule has 0 spiro atoms. The Balaban J connectivity index is 3.13. The minimum Gasteiger partial charge on any atom is -0.479 e. The van der Waals surface area contributed by atoms with Gasteiger partial charge in [-0.3, -0.25) is 0 Å². The zero-order chi connectivity index (χ0) is 15.0. The van der Waals surface area contributed by atoms with Crippen molar-refractivity contribution in [3.63, 3.8) is 0 Å². The Morgan fingerprint density at radius 3 is 2.25 bits per heavy atom. The Bertz CT molecular complexity index is 485. The van der Waals surface area contributed by atoms with Gasteiger partial charge in [0, 0.05) is 0 Å². The van der Waals surface area contributed by atoms with Crippen molar-refractivity contribution in [3.8, 4) is 0 Å². The number of primary amides is 1. The van der Waals surface area contributed by atoms with Gasteiger partial charge in [0.15, 0.2) is 0 Å². The second-order valence-electron chi connectivity index (χ2n) is 3.68. The number of rotatable bonds is 6. The van der Waals surface area contributed by atoms with Crippen LogP contribution in [0.1, 0.15) is 13.8 Å². The van der Waals surface area contributed by atoms with E-state index in [4.69, 9.17) is 15.2 Å². The summed E-state index contributed by atoms with van der Waals surface area (Å²) in [5, 5.41) is 0. The largest absolute Gasteiger partial charge is 0.479 e. The Kier molecular flexibility index (Phi) is 6.09. The van der Waals surface area contributed by atoms with E-state index < -0.39 is 12.0 Å². The molecule has 0 aliphatic rings. The second kappa shape index (κ2) is 7.83. The van der Waals surface area contributed by atoms with E-state index in [9.17, 15) is 9.59 Å². The number of nitrogens with zero attached hydrogens (tertiary/aromatic N) is 1. The summed E-state index contributed by atoms with van der Waals surface area (Å²) in [6.45, 7) is 3.94. The Morgan fingerprint density at radius 1 is 1.15 bits per heavy atom. The van der Waals surface area contributed by atoms with Crippen molar-refractivity contribution >= 4 is 17.7 Å². The quantitative estimate of drug-likeness (QED) is 0.490. The van der Waals surface area contributed by atoms with E-state index in [0.29, 0.717) is 5.69 Å². The van der Waals surface area contributed by atoms with Gasteiger partial charge in [-0.05, 0) is 26.0 Å². The first-order chi connectivity index (χ1) is 9.60. The highest BCUT2D eigenvalue weighted by Gasteiger charge is 2.20. The molecule has 2 amide bonds. The number of para-hydroxylation sites is 1. The summed E-state index contributed by atoms with van der Waals surface area (Å²) in [4.78, 5) is 24.3. The van der Waals surface area contributed by atoms with Crippen molar-refractivity contribution in [1.82, 2.24) is 0 Å². The van der Waals surface area contributed by atoms with Gasteiger partial charge in [-0.25, -0.2) is 14.5 Å². The number of carbonyl (C=O) groups is 2. The van der Waals surface area contributed by atoms with Crippen molar-refractivity contribution in [1.29, 1.82) is 0 Å². The molecule has 0 aromatic heterocycles. The lowest BCUT2D eigenvalue weighted by Crippen LogP contribution is -2.36. The Hall–Kier alpha value is -2.50. The second-order valence-corrected chi connectivity index (χ2v) is 3.68. The summed E-state index contributed by atoms with van der Waals surface area (Å²) in [6, 6.07) is 7.92. The molecule has 0 fully saturated rings. The third-order valence-electron chi connectivity index (χ3n) is 2.28. The number of amides is 2. The third-order valence-corrected chi connectivity index (χ3v) is 2.28. The SMILES string of the molecule is CCOC(=O)C=C(OCC)N(C(N)=O)c1ccccc1. The molecule has 6 nitrogen and oxygen atoms in total. The van der Waals surface area contributed by atoms with Crippen molar-refractivity contribution in [2.45, 2.75) is 13.8 Å². The molecular formula is C14H18N2O4. The highest BCUT2D eigenvalue weighted by atomic mass is 16.5. The fraction of sp³-hybridized carbons (Fsp3) is 0.286. The number of carbonyl (C=O) groups excluding carboxylic acids is 2. The molecule has 20 heavy (non-hydrogen) atoms. The maximum absolute atomic E-state index is 11.6. The Labute approximate surface area is 117 Å². The number of nitrogens with two attached hydrogens (primary N) is 1. The fourth-order valence-electron chi connectivity index (χ4n) is 1.54. The van der Waals surface area contributed by atoms with Crippen molar-refractivity contribution in [3.05, 3.63) is 42.3 Å². The molecule has 1 aromatic carbocycles. The molecule has 0 radical (unpaired) electrons. The van der Waals surface area contributed by atoms with Crippen LogP contribution in [0.2, 0.25) is 0 Å². The summed E-state index contributed by atoms with van der Waals surface area (Å²) < 4.78 is 10.1. The number of hydrogen-bond donors (Lipinski definition) is 1. The summed E-state index contributed by atoms with van der Waals surface area (Å²) in [5.74, 6) is -0.567. The van der Waals surface area contributed by atoms with Crippen LogP contribution in [0.3, 0.4) is 0 Å². The van der Waals surface area contributed by atoms with Gasteiger partial charge in [0.2, 0.25) is 5.88 Å². The minimum atomic E-state index is -0.750. The molecule has 1 aromatic rings. The predicted molar refractivity (Wildman–Crippen MR) is 74.8 cm³/mol. The lowest BCUT2D eigenvalue weighted by molar-refractivity contribution is -0.137. The average molecular weight is 278 g/mol. The average Bonchev–Trinajstić information content (AvgIpc) is 2.40. The normalized spacial score (nSPS) is 10.8. The van der Waals surface area contributed by atoms with Crippen LogP contribution in [-0.2, 0) is 14.3 Å². The monoisotopic (exact) mass is 278 g/mol. The molecule has 0 unspecified atom stereocenters. The lowest BCUT2D eigenvalue weighted by Gasteiger charge is -2.22. The maximum Gasteiger partial charge on any atom is 0.336 e. The molecule has 0 saturated heterocycles. The smallest absolute Gasteiger partial charge is 0.336 e. The van der Waals surface area contributed by atoms with Crippen LogP contribution in [0.5, 0.6) is 0 Å². The van der Waals surface area contributed by atoms with Crippen LogP contribution in [0.25, 0.3) is 0 Å². The number of hydrogen-bond acceptors (Lipinski definition) is 4. The Morgan fingerprint density at radius 2 is 1.75 bits per heavy atom. The van der Waals surface area contributed by atoms with E-state index in [1.807, 2.05) is 0 Å². The van der Waals surface area contributed by atoms with Crippen molar-refractivity contribution in [2.24, 2.45) is 5.73 Å². The fourth-order valence-corrected chi connectivity index (χ4v) is 1.54. The first-order valence-electron chi connectivity index (χ1n) is 6.26. The molecular weight excluding hydrogens is 260 g/mol. The molecule has 1 rings (SSSR count). The van der Waals surface area contributed by atoms with Gasteiger partial charge < -0.3 is 15.2 Å². The highest BCUT2D eigenvalue weighted by molar-refractivity contribution is 5.95. The van der Waals surface area contributed by atoms with E-state index >= 15 is 0 Å². The van der Waals surface area contributed by atoms with Crippen LogP contribution in [-0.4, -0.2) is 25.2 Å². The molecule has 0 aliphatic heterocycles. The van der Waals surface area contributed by atoms with Crippen LogP contribution in [0, 0.1) is 0 Å². The zero-order valence-electron chi connectivity index (χ0n) is 11.5. The van der Waals surface area contributed by atoms with Gasteiger partial charge >= 0.3 is 12.0 Å². The number of benzene rings is 1. The first-order valence-corrected chi connectivity index (χ1v) is 6.26. The molecule has 2 N–H and O–H groups in total. The van der Waals surface area contributed by atoms with Crippen LogP contribution >= 0.6 is 0 Å². The molecule has 0 bridgehead atoms. The molecule has 6 heteroatoms. The topological polar surface area (TPSA) is 81.9 Å². The number of ether oxygens (including phenoxy) is 2. The van der Waals surface area contributed by atoms with Crippen LogP contribution in [0.4, 0.5) is 10.5 Å². The number of esters is 1. The van der Waals surface area contributed by atoms with E-state index in [2.05, 4.69) is 0 Å². The molecule has 0 heterocycles. The molecule has 0 atom stereocenters. The molecule has 0 aliphatic carbocycles. The lowest BCUT2D eigenvalue weighted by atomic mass is 10.3. The van der Waals surface area contributed by atoms with Gasteiger partial charge in [-0.1, -0.05) is 18.2 Å². The maximum atomic E-state index is 11.6. The summed E-state index contributed by atoms with van der Waals surface area (Å²) in [7, 11) is 0. The standard InChI is InChI=1S/C14H18N2O4/c1-3-19-12(10-13(17)20-4-2)16(14(15)18)11-8-6-5-7-9-11/h5-10H,3-4H2,1-2H3,(H2,15,18). The summed E-state index contributed by atoms with van der Waals surface area (Å²) in [6.07, 6.45) is 1.10. The van der Waals surface area contributed by atoms with E-state index in [0.717, 1.165) is 11.0 Å². The zero-order valence-corrected chi connectivity index (χ0v) is 11.5. The first kappa shape index (κ1) is 15.6. The van der Waals surface area contributed by atoms with E-state index in [1.54, 1.807) is 44.2 Å². The van der Waals surface area contributed by atoms with Gasteiger partial charge in [0.05, 0.1) is 25.0 Å². The van der Waals surface area contributed by atoms with Gasteiger partial charge in [0.25, 0.3) is 0 Å². The van der Waals surface area contributed by atoms with E-state index in [1.165, 1.54) is 0 Å². The van der Waals surface area contributed by atoms with Crippen LogP contribution in [0.15, 0.2) is 42.3 Å². The minimum absolute atomic E-state index is 0.0321. The van der Waals surface area contributed by atoms with Crippen LogP contribution < -0.4 is 10.6 Å². The van der Waals surface area contributed by atoms with Crippen molar-refractivity contribution in [2.75, 3.05) is 18.1 Å². The van der Waals surface area contributed by atoms with Crippen molar-refractivity contribution < 1.29 is 19.1 Å². The number of anilines is 1. The highest BCUT2D eigenvalue weighted by Crippen LogP contribution is 2.19. The summed E-state index contributed by atoms with van der Waals surface area (Å²) in [5.41, 5.74) is 5.87. The van der Waals surface area contributed by atoms with E-state index in [-0.39, 0.29) is 19.1 Å². The number of urea groups is 1. The van der Waals surface area contributed by atoms with Gasteiger partial charge in [-0.2, -0.15) is 0 Å². The molecule has 0 saturated carbocycles. The van der Waals surface area contributed by atoms with Gasteiger partial charge in [0.1, 0.15) is 0 Å². The third kappa shape index (κ3) is 4.31. The predicted octanol–water partition coefficient (Wildman–Crippen LogP) is 2.01. The van der Waals surface area contributed by atoms with Gasteiger partial charge in [-0.15, -0.1) is 0 Å². The summed E-state index contributed by atoms with van der Waals surface area (Å²) >= 11 is 0.